The fourth-order valence-corrected chi connectivity index (χ4v) is 2.44. The van der Waals surface area contributed by atoms with Gasteiger partial charge in [0.2, 0.25) is 0 Å². The minimum atomic E-state index is 0.231. The van der Waals surface area contributed by atoms with E-state index in [9.17, 15) is 0 Å². The van der Waals surface area contributed by atoms with Crippen LogP contribution in [0.25, 0.3) is 11.3 Å². The average Bonchev–Trinajstić information content (AvgIpc) is 2.88. The molecule has 0 aliphatic heterocycles. The summed E-state index contributed by atoms with van der Waals surface area (Å²) < 4.78 is 0. The monoisotopic (exact) mass is 198 g/mol. The maximum Gasteiger partial charge on any atom is 0.0456 e. The molecule has 76 valence electrons. The van der Waals surface area contributed by atoms with E-state index < -0.39 is 0 Å². The summed E-state index contributed by atoms with van der Waals surface area (Å²) in [6.07, 6.45) is 4.14. The van der Waals surface area contributed by atoms with Crippen LogP contribution in [0.2, 0.25) is 0 Å². The van der Waals surface area contributed by atoms with Crippen molar-refractivity contribution in [2.45, 2.75) is 18.9 Å². The van der Waals surface area contributed by atoms with Crippen molar-refractivity contribution < 1.29 is 0 Å². The first-order valence-corrected chi connectivity index (χ1v) is 5.37. The molecule has 1 aliphatic carbocycles. The first-order valence-electron chi connectivity index (χ1n) is 5.37. The normalized spacial score (nSPS) is 19.1. The summed E-state index contributed by atoms with van der Waals surface area (Å²) in [4.78, 5) is 3.26. The van der Waals surface area contributed by atoms with Gasteiger partial charge in [-0.05, 0) is 36.1 Å². The Bertz CT molecular complexity index is 471. The fourth-order valence-electron chi connectivity index (χ4n) is 2.44. The molecule has 0 saturated heterocycles. The van der Waals surface area contributed by atoms with Crippen molar-refractivity contribution in [1.29, 1.82) is 0 Å². The third kappa shape index (κ3) is 1.29. The van der Waals surface area contributed by atoms with Crippen LogP contribution in [0.5, 0.6) is 0 Å². The zero-order valence-electron chi connectivity index (χ0n) is 8.53. The Balaban J connectivity index is 2.18. The Morgan fingerprint density at radius 2 is 2.13 bits per heavy atom. The first kappa shape index (κ1) is 8.74. The molecule has 2 heteroatoms. The van der Waals surface area contributed by atoms with Crippen molar-refractivity contribution in [3.05, 3.63) is 47.7 Å². The minimum absolute atomic E-state index is 0.231. The van der Waals surface area contributed by atoms with Crippen molar-refractivity contribution in [2.24, 2.45) is 5.73 Å². The summed E-state index contributed by atoms with van der Waals surface area (Å²) in [5.74, 6) is 0. The molecule has 1 aromatic heterocycles. The Kier molecular flexibility index (Phi) is 1.89. The first-order chi connectivity index (χ1) is 7.36. The Hall–Kier alpha value is -1.54. The zero-order chi connectivity index (χ0) is 10.3. The molecule has 1 heterocycles. The second kappa shape index (κ2) is 3.24. The molecule has 1 atom stereocenters. The fraction of sp³-hybridized carbons (Fsp3) is 0.231. The lowest BCUT2D eigenvalue weighted by Crippen LogP contribution is -2.04. The van der Waals surface area contributed by atoms with Gasteiger partial charge in [0.1, 0.15) is 0 Å². The van der Waals surface area contributed by atoms with Crippen LogP contribution in [0.4, 0.5) is 0 Å². The number of nitrogens with two attached hydrogens (primary N) is 1. The lowest BCUT2D eigenvalue weighted by molar-refractivity contribution is 0.713. The zero-order valence-corrected chi connectivity index (χ0v) is 8.53. The molecule has 0 fully saturated rings. The molecule has 2 aromatic rings. The van der Waals surface area contributed by atoms with Gasteiger partial charge in [-0.3, -0.25) is 0 Å². The highest BCUT2D eigenvalue weighted by Crippen LogP contribution is 2.35. The highest BCUT2D eigenvalue weighted by atomic mass is 14.7. The van der Waals surface area contributed by atoms with E-state index in [0.29, 0.717) is 0 Å². The molecule has 1 aromatic carbocycles. The smallest absolute Gasteiger partial charge is 0.0456 e. The van der Waals surface area contributed by atoms with E-state index in [0.717, 1.165) is 12.8 Å². The van der Waals surface area contributed by atoms with E-state index in [1.54, 1.807) is 0 Å². The second-order valence-corrected chi connectivity index (χ2v) is 4.10. The maximum atomic E-state index is 6.06. The summed E-state index contributed by atoms with van der Waals surface area (Å²) in [6.45, 7) is 0. The van der Waals surface area contributed by atoms with Crippen LogP contribution < -0.4 is 5.73 Å². The molecular formula is C13H14N2. The molecule has 3 rings (SSSR count). The summed E-state index contributed by atoms with van der Waals surface area (Å²) in [6, 6.07) is 10.8. The second-order valence-electron chi connectivity index (χ2n) is 4.10. The molecule has 1 unspecified atom stereocenters. The van der Waals surface area contributed by atoms with Gasteiger partial charge in [0.05, 0.1) is 0 Å². The molecule has 0 saturated carbocycles. The highest BCUT2D eigenvalue weighted by Gasteiger charge is 2.21. The molecule has 2 nitrogen and oxygen atoms in total. The van der Waals surface area contributed by atoms with Crippen LogP contribution in [0.1, 0.15) is 23.6 Å². The van der Waals surface area contributed by atoms with E-state index >= 15 is 0 Å². The van der Waals surface area contributed by atoms with Crippen LogP contribution in [0.15, 0.2) is 36.5 Å². The van der Waals surface area contributed by atoms with Crippen molar-refractivity contribution >= 4 is 0 Å². The number of aromatic nitrogens is 1. The SMILES string of the molecule is NC1CCc2c(-c3ccc[nH]3)cccc21. The van der Waals surface area contributed by atoms with Gasteiger partial charge in [-0.2, -0.15) is 0 Å². The van der Waals surface area contributed by atoms with Gasteiger partial charge in [0, 0.05) is 23.5 Å². The van der Waals surface area contributed by atoms with Gasteiger partial charge < -0.3 is 10.7 Å². The molecular weight excluding hydrogens is 184 g/mol. The molecule has 1 aliphatic rings. The minimum Gasteiger partial charge on any atom is -0.361 e. The number of benzene rings is 1. The van der Waals surface area contributed by atoms with Crippen molar-refractivity contribution in [3.63, 3.8) is 0 Å². The topological polar surface area (TPSA) is 41.8 Å². The lowest BCUT2D eigenvalue weighted by atomic mass is 10.0. The number of rotatable bonds is 1. The lowest BCUT2D eigenvalue weighted by Gasteiger charge is -2.08. The van der Waals surface area contributed by atoms with E-state index in [2.05, 4.69) is 29.2 Å². The highest BCUT2D eigenvalue weighted by molar-refractivity contribution is 5.67. The number of aromatic amines is 1. The third-order valence-corrected chi connectivity index (χ3v) is 3.21. The predicted molar refractivity (Wildman–Crippen MR) is 61.5 cm³/mol. The number of hydrogen-bond donors (Lipinski definition) is 2. The molecule has 3 N–H and O–H groups in total. The van der Waals surface area contributed by atoms with Crippen LogP contribution in [-0.4, -0.2) is 4.98 Å². The van der Waals surface area contributed by atoms with Crippen LogP contribution in [0.3, 0.4) is 0 Å². The van der Waals surface area contributed by atoms with Crippen LogP contribution in [-0.2, 0) is 6.42 Å². The third-order valence-electron chi connectivity index (χ3n) is 3.21. The van der Waals surface area contributed by atoms with Crippen molar-refractivity contribution in [3.8, 4) is 11.3 Å². The van der Waals surface area contributed by atoms with E-state index in [1.807, 2.05) is 12.3 Å². The van der Waals surface area contributed by atoms with Gasteiger partial charge in [0.25, 0.3) is 0 Å². The number of nitrogens with one attached hydrogen (secondary N) is 1. The van der Waals surface area contributed by atoms with Crippen molar-refractivity contribution in [1.82, 2.24) is 4.98 Å². The van der Waals surface area contributed by atoms with Gasteiger partial charge in [-0.25, -0.2) is 0 Å². The van der Waals surface area contributed by atoms with Crippen LogP contribution >= 0.6 is 0 Å². The number of hydrogen-bond acceptors (Lipinski definition) is 1. The molecule has 0 bridgehead atoms. The molecule has 0 spiro atoms. The van der Waals surface area contributed by atoms with Crippen molar-refractivity contribution in [2.75, 3.05) is 0 Å². The molecule has 15 heavy (non-hydrogen) atoms. The van der Waals surface area contributed by atoms with Gasteiger partial charge in [-0.1, -0.05) is 18.2 Å². The number of H-pyrrole nitrogens is 1. The Morgan fingerprint density at radius 1 is 1.20 bits per heavy atom. The summed E-state index contributed by atoms with van der Waals surface area (Å²) in [5.41, 5.74) is 11.3. The van der Waals surface area contributed by atoms with E-state index in [4.69, 9.17) is 5.73 Å². The number of fused-ring (bicyclic) bond motifs is 1. The van der Waals surface area contributed by atoms with Gasteiger partial charge in [-0.15, -0.1) is 0 Å². The molecule has 0 amide bonds. The molecule has 0 radical (unpaired) electrons. The van der Waals surface area contributed by atoms with Gasteiger partial charge in [0.15, 0.2) is 0 Å². The largest absolute Gasteiger partial charge is 0.361 e. The summed E-state index contributed by atoms with van der Waals surface area (Å²) >= 11 is 0. The Labute approximate surface area is 89.1 Å². The van der Waals surface area contributed by atoms with E-state index in [1.165, 1.54) is 22.4 Å². The van der Waals surface area contributed by atoms with Crippen LogP contribution in [0, 0.1) is 0 Å². The van der Waals surface area contributed by atoms with E-state index in [-0.39, 0.29) is 6.04 Å². The standard InChI is InChI=1S/C13H14N2/c14-12-7-6-9-10(12)3-1-4-11(9)13-5-2-8-15-13/h1-5,8,12,15H,6-7,14H2. The summed E-state index contributed by atoms with van der Waals surface area (Å²) in [5, 5.41) is 0. The Morgan fingerprint density at radius 3 is 2.93 bits per heavy atom. The maximum absolute atomic E-state index is 6.06. The predicted octanol–water partition coefficient (Wildman–Crippen LogP) is 2.63. The average molecular weight is 198 g/mol. The summed E-state index contributed by atoms with van der Waals surface area (Å²) in [7, 11) is 0. The van der Waals surface area contributed by atoms with Gasteiger partial charge >= 0.3 is 0 Å². The quantitative estimate of drug-likeness (QED) is 0.726.